The van der Waals surface area contributed by atoms with Crippen molar-refractivity contribution in [2.75, 3.05) is 12.9 Å². The Balaban J connectivity index is 2.87. The number of carbonyl (C=O) groups excluding carboxylic acids is 2. The minimum atomic E-state index is -5.00. The summed E-state index contributed by atoms with van der Waals surface area (Å²) in [5.74, 6) is -2.28. The van der Waals surface area contributed by atoms with Gasteiger partial charge in [-0.1, -0.05) is 6.92 Å². The van der Waals surface area contributed by atoms with E-state index in [-0.39, 0.29) is 11.7 Å². The van der Waals surface area contributed by atoms with Crippen LogP contribution in [0.2, 0.25) is 0 Å². The van der Waals surface area contributed by atoms with Crippen molar-refractivity contribution in [1.29, 1.82) is 0 Å². The summed E-state index contributed by atoms with van der Waals surface area (Å²) in [4.78, 5) is 22.6. The second-order valence-electron chi connectivity index (χ2n) is 3.90. The number of alkyl halides is 3. The predicted octanol–water partition coefficient (Wildman–Crippen LogP) is 1.49. The van der Waals surface area contributed by atoms with Gasteiger partial charge in [-0.15, -0.1) is 0 Å². The Morgan fingerprint density at radius 1 is 1.50 bits per heavy atom. The number of carbonyl (C=O) groups is 2. The van der Waals surface area contributed by atoms with Crippen molar-refractivity contribution in [3.63, 3.8) is 0 Å². The molecule has 0 heterocycles. The van der Waals surface area contributed by atoms with Gasteiger partial charge in [0.05, 0.1) is 7.11 Å². The van der Waals surface area contributed by atoms with E-state index in [1.807, 2.05) is 6.92 Å². The van der Waals surface area contributed by atoms with Crippen LogP contribution in [0.1, 0.15) is 19.8 Å². The second kappa shape index (κ2) is 5.38. The van der Waals surface area contributed by atoms with Crippen molar-refractivity contribution >= 4 is 23.6 Å². The molecule has 18 heavy (non-hydrogen) atoms. The zero-order chi connectivity index (χ0) is 14.0. The summed E-state index contributed by atoms with van der Waals surface area (Å²) in [5.41, 5.74) is -1.54. The van der Waals surface area contributed by atoms with E-state index in [1.165, 1.54) is 11.8 Å². The Kier molecular flexibility index (Phi) is 4.52. The van der Waals surface area contributed by atoms with Crippen molar-refractivity contribution < 1.29 is 27.5 Å². The highest BCUT2D eigenvalue weighted by Gasteiger charge is 2.57. The lowest BCUT2D eigenvalue weighted by molar-refractivity contribution is -0.179. The molecule has 1 saturated carbocycles. The summed E-state index contributed by atoms with van der Waals surface area (Å²) in [6.07, 6.45) is -4.26. The van der Waals surface area contributed by atoms with Gasteiger partial charge in [-0.2, -0.15) is 24.9 Å². The predicted molar refractivity (Wildman–Crippen MR) is 60.1 cm³/mol. The van der Waals surface area contributed by atoms with Crippen molar-refractivity contribution in [2.45, 2.75) is 36.7 Å². The number of hydrogen-bond acceptors (Lipinski definition) is 4. The third-order valence-corrected chi connectivity index (χ3v) is 4.24. The first kappa shape index (κ1) is 15.1. The number of amides is 1. The highest BCUT2D eigenvalue weighted by molar-refractivity contribution is 8.00. The largest absolute Gasteiger partial charge is 0.471 e. The molecule has 1 fully saturated rings. The van der Waals surface area contributed by atoms with Gasteiger partial charge in [0.1, 0.15) is 5.54 Å². The van der Waals surface area contributed by atoms with Crippen LogP contribution in [-0.4, -0.2) is 41.7 Å². The Morgan fingerprint density at radius 2 is 2.11 bits per heavy atom. The van der Waals surface area contributed by atoms with Gasteiger partial charge in [-0.3, -0.25) is 4.79 Å². The van der Waals surface area contributed by atoms with Crippen molar-refractivity contribution in [1.82, 2.24) is 5.32 Å². The summed E-state index contributed by atoms with van der Waals surface area (Å²) < 4.78 is 41.3. The number of methoxy groups -OCH3 is 1. The topological polar surface area (TPSA) is 55.4 Å². The summed E-state index contributed by atoms with van der Waals surface area (Å²) in [6.45, 7) is 1.83. The highest BCUT2D eigenvalue weighted by Crippen LogP contribution is 2.42. The van der Waals surface area contributed by atoms with E-state index in [1.54, 1.807) is 5.32 Å². The smallest absolute Gasteiger partial charge is 0.467 e. The minimum Gasteiger partial charge on any atom is -0.467 e. The summed E-state index contributed by atoms with van der Waals surface area (Å²) in [7, 11) is 1.09. The number of nitrogens with one attached hydrogen (secondary N) is 1. The van der Waals surface area contributed by atoms with Gasteiger partial charge in [0, 0.05) is 5.25 Å². The fourth-order valence-electron chi connectivity index (χ4n) is 1.86. The highest BCUT2D eigenvalue weighted by atomic mass is 32.2. The normalized spacial score (nSPS) is 27.3. The van der Waals surface area contributed by atoms with Gasteiger partial charge in [0.15, 0.2) is 0 Å². The Morgan fingerprint density at radius 3 is 2.44 bits per heavy atom. The third-order valence-electron chi connectivity index (χ3n) is 2.86. The quantitative estimate of drug-likeness (QED) is 0.795. The summed E-state index contributed by atoms with van der Waals surface area (Å²) >= 11 is 1.34. The van der Waals surface area contributed by atoms with E-state index in [0.717, 1.165) is 7.11 Å². The second-order valence-corrected chi connectivity index (χ2v) is 5.38. The molecular weight excluding hydrogens is 271 g/mol. The molecule has 1 amide bonds. The molecule has 104 valence electrons. The standard InChI is InChI=1S/C10H14F3NO3S/c1-3-18-6-4-5-9(6,8(16)17-2)14-7(15)10(11,12)13/h6H,3-5H2,1-2H3,(H,14,15)/t6-,9-/m0/s1. The van der Waals surface area contributed by atoms with Crippen LogP contribution in [0.15, 0.2) is 0 Å². The Labute approximate surface area is 107 Å². The number of thioether (sulfide) groups is 1. The summed E-state index contributed by atoms with van der Waals surface area (Å²) in [5, 5.41) is 1.42. The average Bonchev–Trinajstić information content (AvgIpc) is 2.28. The van der Waals surface area contributed by atoms with Crippen LogP contribution >= 0.6 is 11.8 Å². The van der Waals surface area contributed by atoms with E-state index in [9.17, 15) is 22.8 Å². The van der Waals surface area contributed by atoms with Gasteiger partial charge in [0.2, 0.25) is 0 Å². The van der Waals surface area contributed by atoms with Crippen LogP contribution in [-0.2, 0) is 14.3 Å². The molecule has 2 atom stereocenters. The Hall–Kier alpha value is -0.920. The molecule has 1 aliphatic carbocycles. The van der Waals surface area contributed by atoms with Crippen LogP contribution in [0.3, 0.4) is 0 Å². The van der Waals surface area contributed by atoms with Gasteiger partial charge in [-0.05, 0) is 18.6 Å². The molecule has 0 unspecified atom stereocenters. The molecule has 0 aromatic carbocycles. The maximum atomic E-state index is 12.2. The zero-order valence-corrected chi connectivity index (χ0v) is 10.8. The molecule has 1 N–H and O–H groups in total. The van der Waals surface area contributed by atoms with Crippen LogP contribution < -0.4 is 5.32 Å². The maximum absolute atomic E-state index is 12.2. The van der Waals surface area contributed by atoms with E-state index >= 15 is 0 Å². The summed E-state index contributed by atoms with van der Waals surface area (Å²) in [6, 6.07) is 0. The van der Waals surface area contributed by atoms with E-state index in [4.69, 9.17) is 0 Å². The number of hydrogen-bond donors (Lipinski definition) is 1. The van der Waals surface area contributed by atoms with Crippen LogP contribution in [0.25, 0.3) is 0 Å². The van der Waals surface area contributed by atoms with Crippen molar-refractivity contribution in [3.8, 4) is 0 Å². The first-order valence-electron chi connectivity index (χ1n) is 5.37. The zero-order valence-electron chi connectivity index (χ0n) is 9.97. The maximum Gasteiger partial charge on any atom is 0.471 e. The Bertz CT molecular complexity index is 348. The molecule has 0 aliphatic heterocycles. The fourth-order valence-corrected chi connectivity index (χ4v) is 3.11. The lowest BCUT2D eigenvalue weighted by Gasteiger charge is -2.46. The van der Waals surface area contributed by atoms with Crippen LogP contribution in [0.5, 0.6) is 0 Å². The number of halogens is 3. The molecule has 4 nitrogen and oxygen atoms in total. The number of rotatable bonds is 4. The van der Waals surface area contributed by atoms with E-state index in [0.29, 0.717) is 12.2 Å². The molecule has 1 rings (SSSR count). The minimum absolute atomic E-state index is 0.166. The van der Waals surface area contributed by atoms with Gasteiger partial charge >= 0.3 is 18.1 Å². The SMILES string of the molecule is CCS[C@H]1CC[C@@]1(NC(=O)C(F)(F)F)C(=O)OC. The molecule has 0 spiro atoms. The molecular formula is C10H14F3NO3S. The number of esters is 1. The van der Waals surface area contributed by atoms with Gasteiger partial charge < -0.3 is 10.1 Å². The molecule has 0 radical (unpaired) electrons. The van der Waals surface area contributed by atoms with E-state index < -0.39 is 23.6 Å². The third kappa shape index (κ3) is 2.73. The first-order valence-corrected chi connectivity index (χ1v) is 6.42. The van der Waals surface area contributed by atoms with E-state index in [2.05, 4.69) is 4.74 Å². The molecule has 8 heteroatoms. The van der Waals surface area contributed by atoms with Gasteiger partial charge in [0.25, 0.3) is 0 Å². The first-order chi connectivity index (χ1) is 8.28. The molecule has 0 bridgehead atoms. The fraction of sp³-hybridized carbons (Fsp3) is 0.800. The molecule has 0 saturated heterocycles. The van der Waals surface area contributed by atoms with Crippen LogP contribution in [0.4, 0.5) is 13.2 Å². The van der Waals surface area contributed by atoms with Gasteiger partial charge in [-0.25, -0.2) is 4.79 Å². The number of ether oxygens (including phenoxy) is 1. The lowest BCUT2D eigenvalue weighted by atomic mass is 9.76. The monoisotopic (exact) mass is 285 g/mol. The average molecular weight is 285 g/mol. The molecule has 0 aromatic rings. The van der Waals surface area contributed by atoms with Crippen molar-refractivity contribution in [3.05, 3.63) is 0 Å². The molecule has 1 aliphatic rings. The lowest BCUT2D eigenvalue weighted by Crippen LogP contribution is -2.68. The molecule has 0 aromatic heterocycles. The van der Waals surface area contributed by atoms with Crippen LogP contribution in [0, 0.1) is 0 Å². The van der Waals surface area contributed by atoms with Crippen molar-refractivity contribution in [2.24, 2.45) is 0 Å².